The fourth-order valence-corrected chi connectivity index (χ4v) is 0.457. The Kier molecular flexibility index (Phi) is 4.82. The maximum atomic E-state index is 10.0. The summed E-state index contributed by atoms with van der Waals surface area (Å²) < 4.78 is 0. The largest absolute Gasteiger partial charge is 0.481 e. The lowest BCUT2D eigenvalue weighted by atomic mass is 10.2. The molecular weight excluding hydrogens is 140 g/mol. The number of hydrogen-bond acceptors (Lipinski definition) is 1. The molecule has 60 valence electrons. The Balaban J connectivity index is 3.76. The minimum absolute atomic E-state index is 0.0704. The Morgan fingerprint density at radius 1 is 1.64 bits per heavy atom. The molecule has 0 rings (SSSR count). The molecule has 1 N–H and O–H groups in total. The molecule has 2 heteroatoms. The Hall–Kier alpha value is -1.31. The van der Waals surface area contributed by atoms with Crippen molar-refractivity contribution in [3.63, 3.8) is 0 Å². The van der Waals surface area contributed by atoms with Crippen molar-refractivity contribution in [3.05, 3.63) is 36.5 Å². The van der Waals surface area contributed by atoms with Crippen LogP contribution in [0.4, 0.5) is 0 Å². The van der Waals surface area contributed by atoms with Crippen molar-refractivity contribution in [1.82, 2.24) is 0 Å². The second-order valence-electron chi connectivity index (χ2n) is 2.14. The van der Waals surface area contributed by atoms with Gasteiger partial charge in [0.05, 0.1) is 6.42 Å². The molecule has 0 saturated heterocycles. The van der Waals surface area contributed by atoms with Gasteiger partial charge in [-0.05, 0) is 6.92 Å². The average molecular weight is 152 g/mol. The van der Waals surface area contributed by atoms with Crippen LogP contribution in [-0.2, 0) is 4.79 Å². The van der Waals surface area contributed by atoms with Crippen molar-refractivity contribution in [2.24, 2.45) is 0 Å². The maximum absolute atomic E-state index is 10.0. The van der Waals surface area contributed by atoms with E-state index in [9.17, 15) is 4.79 Å². The van der Waals surface area contributed by atoms with E-state index < -0.39 is 5.97 Å². The van der Waals surface area contributed by atoms with Crippen LogP contribution in [0.1, 0.15) is 13.3 Å². The molecular formula is C9H12O2. The highest BCUT2D eigenvalue weighted by Crippen LogP contribution is 1.93. The molecule has 11 heavy (non-hydrogen) atoms. The number of carboxylic acids is 1. The van der Waals surface area contributed by atoms with Gasteiger partial charge in [-0.15, -0.1) is 0 Å². The van der Waals surface area contributed by atoms with Crippen LogP contribution in [0.5, 0.6) is 0 Å². The standard InChI is InChI=1S/C9H12O2/c1-3-8(2)6-4-5-7-9(10)11/h3-6H,1,7H2,2H3,(H,10,11)/b5-4-,8-6-. The predicted molar refractivity (Wildman–Crippen MR) is 45.3 cm³/mol. The zero-order valence-corrected chi connectivity index (χ0v) is 6.58. The Morgan fingerprint density at radius 3 is 2.73 bits per heavy atom. The number of hydrogen-bond donors (Lipinski definition) is 1. The first-order valence-electron chi connectivity index (χ1n) is 3.34. The van der Waals surface area contributed by atoms with Crippen molar-refractivity contribution in [2.75, 3.05) is 0 Å². The Labute approximate surface area is 66.5 Å². The summed E-state index contributed by atoms with van der Waals surface area (Å²) in [6.07, 6.45) is 6.91. The van der Waals surface area contributed by atoms with Gasteiger partial charge in [0.15, 0.2) is 0 Å². The van der Waals surface area contributed by atoms with Gasteiger partial charge >= 0.3 is 5.97 Å². The Bertz CT molecular complexity index is 200. The molecule has 0 aromatic heterocycles. The zero-order valence-electron chi connectivity index (χ0n) is 6.58. The summed E-state index contributed by atoms with van der Waals surface area (Å²) in [5.74, 6) is -0.814. The molecule has 0 aliphatic rings. The number of carboxylic acid groups (broad SMARTS) is 1. The third-order valence-electron chi connectivity index (χ3n) is 1.11. The molecule has 0 radical (unpaired) electrons. The highest BCUT2D eigenvalue weighted by atomic mass is 16.4. The van der Waals surface area contributed by atoms with Crippen molar-refractivity contribution in [1.29, 1.82) is 0 Å². The molecule has 0 spiro atoms. The van der Waals surface area contributed by atoms with E-state index >= 15 is 0 Å². The Morgan fingerprint density at radius 2 is 2.27 bits per heavy atom. The summed E-state index contributed by atoms with van der Waals surface area (Å²) in [5, 5.41) is 8.24. The molecule has 0 atom stereocenters. The molecule has 0 bridgehead atoms. The van der Waals surface area contributed by atoms with E-state index in [1.807, 2.05) is 13.0 Å². The molecule has 0 heterocycles. The van der Waals surface area contributed by atoms with Crippen molar-refractivity contribution < 1.29 is 9.90 Å². The van der Waals surface area contributed by atoms with Crippen molar-refractivity contribution in [2.45, 2.75) is 13.3 Å². The van der Waals surface area contributed by atoms with E-state index in [1.54, 1.807) is 18.2 Å². The normalized spacial score (nSPS) is 11.9. The third-order valence-corrected chi connectivity index (χ3v) is 1.11. The summed E-state index contributed by atoms with van der Waals surface area (Å²) in [5.41, 5.74) is 1.02. The van der Waals surface area contributed by atoms with Gasteiger partial charge in [-0.3, -0.25) is 4.79 Å². The lowest BCUT2D eigenvalue weighted by Crippen LogP contribution is -1.89. The fourth-order valence-electron chi connectivity index (χ4n) is 0.457. The average Bonchev–Trinajstić information content (AvgIpc) is 1.97. The van der Waals surface area contributed by atoms with Gasteiger partial charge in [0.1, 0.15) is 0 Å². The van der Waals surface area contributed by atoms with E-state index in [0.717, 1.165) is 5.57 Å². The van der Waals surface area contributed by atoms with E-state index in [1.165, 1.54) is 0 Å². The van der Waals surface area contributed by atoms with E-state index in [4.69, 9.17) is 5.11 Å². The van der Waals surface area contributed by atoms with Gasteiger partial charge in [-0.2, -0.15) is 0 Å². The molecule has 0 aliphatic carbocycles. The fraction of sp³-hybridized carbons (Fsp3) is 0.222. The molecule has 0 unspecified atom stereocenters. The van der Waals surface area contributed by atoms with E-state index in [-0.39, 0.29) is 6.42 Å². The van der Waals surface area contributed by atoms with Crippen molar-refractivity contribution in [3.8, 4) is 0 Å². The molecule has 2 nitrogen and oxygen atoms in total. The van der Waals surface area contributed by atoms with Gasteiger partial charge in [0.25, 0.3) is 0 Å². The van der Waals surface area contributed by atoms with Gasteiger partial charge in [-0.25, -0.2) is 0 Å². The lowest BCUT2D eigenvalue weighted by molar-refractivity contribution is -0.135. The molecule has 0 fully saturated rings. The smallest absolute Gasteiger partial charge is 0.307 e. The van der Waals surface area contributed by atoms with Crippen molar-refractivity contribution >= 4 is 5.97 Å². The summed E-state index contributed by atoms with van der Waals surface area (Å²) in [6.45, 7) is 5.46. The molecule has 0 amide bonds. The molecule has 0 saturated carbocycles. The highest BCUT2D eigenvalue weighted by Gasteiger charge is 1.86. The van der Waals surface area contributed by atoms with Gasteiger partial charge in [0.2, 0.25) is 0 Å². The van der Waals surface area contributed by atoms with Crippen LogP contribution in [0.15, 0.2) is 36.5 Å². The van der Waals surface area contributed by atoms with Crippen LogP contribution in [0.2, 0.25) is 0 Å². The molecule has 0 aromatic carbocycles. The second-order valence-corrected chi connectivity index (χ2v) is 2.14. The van der Waals surface area contributed by atoms with Crippen LogP contribution < -0.4 is 0 Å². The van der Waals surface area contributed by atoms with Crippen LogP contribution >= 0.6 is 0 Å². The van der Waals surface area contributed by atoms with Crippen LogP contribution in [-0.4, -0.2) is 11.1 Å². The monoisotopic (exact) mass is 152 g/mol. The van der Waals surface area contributed by atoms with Crippen LogP contribution in [0.25, 0.3) is 0 Å². The van der Waals surface area contributed by atoms with E-state index in [0.29, 0.717) is 0 Å². The second kappa shape index (κ2) is 5.47. The predicted octanol–water partition coefficient (Wildman–Crippen LogP) is 2.15. The number of carbonyl (C=O) groups is 1. The molecule has 0 aliphatic heterocycles. The first kappa shape index (κ1) is 9.69. The first-order valence-corrected chi connectivity index (χ1v) is 3.34. The lowest BCUT2D eigenvalue weighted by Gasteiger charge is -1.84. The maximum Gasteiger partial charge on any atom is 0.307 e. The van der Waals surface area contributed by atoms with Gasteiger partial charge < -0.3 is 5.11 Å². The van der Waals surface area contributed by atoms with Gasteiger partial charge in [0, 0.05) is 0 Å². The third kappa shape index (κ3) is 6.58. The molecule has 0 aromatic rings. The summed E-state index contributed by atoms with van der Waals surface area (Å²) in [7, 11) is 0. The zero-order chi connectivity index (χ0) is 8.69. The highest BCUT2D eigenvalue weighted by molar-refractivity contribution is 5.68. The van der Waals surface area contributed by atoms with Gasteiger partial charge in [-0.1, -0.05) is 36.5 Å². The summed E-state index contributed by atoms with van der Waals surface area (Å²) in [6, 6.07) is 0. The minimum atomic E-state index is -0.814. The van der Waals surface area contributed by atoms with E-state index in [2.05, 4.69) is 6.58 Å². The topological polar surface area (TPSA) is 37.3 Å². The minimum Gasteiger partial charge on any atom is -0.481 e. The number of allylic oxidation sites excluding steroid dienone is 4. The SMILES string of the molecule is C=C/C(C)=C\C=C/CC(=O)O. The number of rotatable bonds is 4. The number of aliphatic carboxylic acids is 1. The first-order chi connectivity index (χ1) is 5.16. The summed E-state index contributed by atoms with van der Waals surface area (Å²) in [4.78, 5) is 10.0. The van der Waals surface area contributed by atoms with Crippen LogP contribution in [0, 0.1) is 0 Å². The van der Waals surface area contributed by atoms with Crippen LogP contribution in [0.3, 0.4) is 0 Å². The summed E-state index contributed by atoms with van der Waals surface area (Å²) >= 11 is 0. The quantitative estimate of drug-likeness (QED) is 0.627.